The number of likely N-dealkylation sites (N-methyl/N-ethyl adjacent to an activating group) is 1. The highest BCUT2D eigenvalue weighted by Crippen LogP contribution is 2.29. The number of hydrogen-bond acceptors (Lipinski definition) is 5. The van der Waals surface area contributed by atoms with E-state index >= 15 is 0 Å². The molecule has 1 aliphatic heterocycles. The molecular formula is C22H21FN6. The lowest BCUT2D eigenvalue weighted by Crippen LogP contribution is -2.29. The van der Waals surface area contributed by atoms with Crippen LogP contribution in [0.2, 0.25) is 0 Å². The van der Waals surface area contributed by atoms with Crippen LogP contribution in [-0.2, 0) is 0 Å². The van der Waals surface area contributed by atoms with Gasteiger partial charge in [0.05, 0.1) is 5.69 Å². The third kappa shape index (κ3) is 3.23. The van der Waals surface area contributed by atoms with Crippen LogP contribution in [0.15, 0.2) is 60.9 Å². The number of halogens is 1. The normalized spacial score (nSPS) is 16.6. The second kappa shape index (κ2) is 7.25. The number of aromatic nitrogens is 4. The molecular weight excluding hydrogens is 367 g/mol. The summed E-state index contributed by atoms with van der Waals surface area (Å²) in [6, 6.07) is 14.8. The SMILES string of the molecule is CN[C@H]1CCN(c2ccc3nc(-c4ccc(F)cc4)n(-c4ccncc4)c3n2)C1. The van der Waals surface area contributed by atoms with Gasteiger partial charge in [-0.25, -0.2) is 14.4 Å². The summed E-state index contributed by atoms with van der Waals surface area (Å²) in [6.07, 6.45) is 4.59. The summed E-state index contributed by atoms with van der Waals surface area (Å²) in [6.45, 7) is 1.90. The van der Waals surface area contributed by atoms with Gasteiger partial charge >= 0.3 is 0 Å². The number of nitrogens with one attached hydrogen (secondary N) is 1. The Balaban J connectivity index is 1.68. The zero-order valence-corrected chi connectivity index (χ0v) is 16.1. The summed E-state index contributed by atoms with van der Waals surface area (Å²) in [4.78, 5) is 16.2. The second-order valence-electron chi connectivity index (χ2n) is 7.22. The van der Waals surface area contributed by atoms with E-state index in [1.54, 1.807) is 24.5 Å². The fourth-order valence-electron chi connectivity index (χ4n) is 3.86. The molecule has 0 radical (unpaired) electrons. The Morgan fingerprint density at radius 3 is 2.52 bits per heavy atom. The van der Waals surface area contributed by atoms with Crippen molar-refractivity contribution in [2.75, 3.05) is 25.0 Å². The molecule has 1 atom stereocenters. The molecule has 7 heteroatoms. The molecule has 0 spiro atoms. The Hall–Kier alpha value is -3.32. The average Bonchev–Trinajstić information content (AvgIpc) is 3.39. The first-order valence-electron chi connectivity index (χ1n) is 9.71. The summed E-state index contributed by atoms with van der Waals surface area (Å²) in [5.41, 5.74) is 3.33. The number of rotatable bonds is 4. The molecule has 1 fully saturated rings. The predicted octanol–water partition coefficient (Wildman–Crippen LogP) is 3.42. The van der Waals surface area contributed by atoms with E-state index in [1.165, 1.54) is 12.1 Å². The van der Waals surface area contributed by atoms with Crippen molar-refractivity contribution in [2.24, 2.45) is 0 Å². The monoisotopic (exact) mass is 388 g/mol. The van der Waals surface area contributed by atoms with E-state index in [0.717, 1.165) is 53.6 Å². The molecule has 6 nitrogen and oxygen atoms in total. The van der Waals surface area contributed by atoms with Crippen LogP contribution in [-0.4, -0.2) is 45.7 Å². The first kappa shape index (κ1) is 17.8. The van der Waals surface area contributed by atoms with Gasteiger partial charge < -0.3 is 10.2 Å². The lowest BCUT2D eigenvalue weighted by Gasteiger charge is -2.17. The van der Waals surface area contributed by atoms with Gasteiger partial charge in [-0.2, -0.15) is 0 Å². The Morgan fingerprint density at radius 1 is 1.00 bits per heavy atom. The van der Waals surface area contributed by atoms with E-state index in [-0.39, 0.29) is 5.82 Å². The smallest absolute Gasteiger partial charge is 0.167 e. The topological polar surface area (TPSA) is 58.9 Å². The molecule has 1 saturated heterocycles. The zero-order chi connectivity index (χ0) is 19.8. The van der Waals surface area contributed by atoms with E-state index in [0.29, 0.717) is 6.04 Å². The van der Waals surface area contributed by atoms with Crippen molar-refractivity contribution in [1.29, 1.82) is 0 Å². The molecule has 0 bridgehead atoms. The van der Waals surface area contributed by atoms with E-state index in [9.17, 15) is 4.39 Å². The van der Waals surface area contributed by atoms with Gasteiger partial charge in [-0.1, -0.05) is 0 Å². The van der Waals surface area contributed by atoms with Crippen LogP contribution in [0.3, 0.4) is 0 Å². The average molecular weight is 388 g/mol. The second-order valence-corrected chi connectivity index (χ2v) is 7.22. The van der Waals surface area contributed by atoms with Crippen molar-refractivity contribution in [3.05, 3.63) is 66.7 Å². The molecule has 4 heterocycles. The van der Waals surface area contributed by atoms with Crippen LogP contribution in [0.5, 0.6) is 0 Å². The van der Waals surface area contributed by atoms with Crippen molar-refractivity contribution in [1.82, 2.24) is 24.8 Å². The number of fused-ring (bicyclic) bond motifs is 1. The van der Waals surface area contributed by atoms with Crippen LogP contribution < -0.4 is 10.2 Å². The van der Waals surface area contributed by atoms with E-state index in [2.05, 4.69) is 15.2 Å². The third-order valence-electron chi connectivity index (χ3n) is 5.43. The van der Waals surface area contributed by atoms with Gasteiger partial charge in [0, 0.05) is 37.1 Å². The maximum Gasteiger partial charge on any atom is 0.167 e. The molecule has 3 aromatic heterocycles. The van der Waals surface area contributed by atoms with Crippen LogP contribution >= 0.6 is 0 Å². The highest BCUT2D eigenvalue weighted by molar-refractivity contribution is 5.81. The predicted molar refractivity (Wildman–Crippen MR) is 112 cm³/mol. The molecule has 0 saturated carbocycles. The van der Waals surface area contributed by atoms with Gasteiger partial charge in [-0.05, 0) is 62.0 Å². The van der Waals surface area contributed by atoms with Gasteiger partial charge in [0.15, 0.2) is 5.65 Å². The Bertz CT molecular complexity index is 1140. The van der Waals surface area contributed by atoms with Crippen molar-refractivity contribution in [3.8, 4) is 17.1 Å². The number of anilines is 1. The van der Waals surface area contributed by atoms with Gasteiger partial charge in [0.25, 0.3) is 0 Å². The van der Waals surface area contributed by atoms with Crippen LogP contribution in [0.4, 0.5) is 10.2 Å². The van der Waals surface area contributed by atoms with Gasteiger partial charge in [-0.3, -0.25) is 9.55 Å². The van der Waals surface area contributed by atoms with Gasteiger partial charge in [0.1, 0.15) is 23.0 Å². The number of pyridine rings is 2. The molecule has 1 aromatic carbocycles. The summed E-state index contributed by atoms with van der Waals surface area (Å²) < 4.78 is 15.5. The van der Waals surface area contributed by atoms with Crippen molar-refractivity contribution >= 4 is 17.0 Å². The Morgan fingerprint density at radius 2 is 1.79 bits per heavy atom. The highest BCUT2D eigenvalue weighted by Gasteiger charge is 2.23. The van der Waals surface area contributed by atoms with Gasteiger partial charge in [0.2, 0.25) is 0 Å². The minimum atomic E-state index is -0.270. The summed E-state index contributed by atoms with van der Waals surface area (Å²) in [5.74, 6) is 1.40. The number of imidazole rings is 1. The van der Waals surface area contributed by atoms with Crippen LogP contribution in [0, 0.1) is 5.82 Å². The maximum absolute atomic E-state index is 13.5. The number of nitrogens with zero attached hydrogens (tertiary/aromatic N) is 5. The quantitative estimate of drug-likeness (QED) is 0.581. The minimum Gasteiger partial charge on any atom is -0.355 e. The first-order valence-corrected chi connectivity index (χ1v) is 9.71. The van der Waals surface area contributed by atoms with Gasteiger partial charge in [-0.15, -0.1) is 0 Å². The molecule has 0 aliphatic carbocycles. The van der Waals surface area contributed by atoms with E-state index < -0.39 is 0 Å². The molecule has 29 heavy (non-hydrogen) atoms. The maximum atomic E-state index is 13.5. The largest absolute Gasteiger partial charge is 0.355 e. The van der Waals surface area contributed by atoms with Crippen LogP contribution in [0.1, 0.15) is 6.42 Å². The van der Waals surface area contributed by atoms with Crippen LogP contribution in [0.25, 0.3) is 28.2 Å². The summed E-state index contributed by atoms with van der Waals surface area (Å²) in [5, 5.41) is 3.34. The van der Waals surface area contributed by atoms with Crippen molar-refractivity contribution in [3.63, 3.8) is 0 Å². The fourth-order valence-corrected chi connectivity index (χ4v) is 3.86. The number of hydrogen-bond donors (Lipinski definition) is 1. The molecule has 4 aromatic rings. The van der Waals surface area contributed by atoms with E-state index in [1.807, 2.05) is 35.9 Å². The lowest BCUT2D eigenvalue weighted by atomic mass is 10.2. The van der Waals surface area contributed by atoms with Crippen molar-refractivity contribution < 1.29 is 4.39 Å². The molecule has 5 rings (SSSR count). The minimum absolute atomic E-state index is 0.270. The fraction of sp³-hybridized carbons (Fsp3) is 0.227. The first-order chi connectivity index (χ1) is 14.2. The standard InChI is InChI=1S/C22H21FN6/c1-24-17-10-13-28(14-17)20-7-6-19-22(27-20)29(18-8-11-25-12-9-18)21(26-19)15-2-4-16(23)5-3-15/h2-9,11-12,17,24H,10,13-14H2,1H3/t17-/m0/s1. The molecule has 0 amide bonds. The molecule has 0 unspecified atom stereocenters. The van der Waals surface area contributed by atoms with E-state index in [4.69, 9.17) is 9.97 Å². The summed E-state index contributed by atoms with van der Waals surface area (Å²) in [7, 11) is 2.00. The third-order valence-corrected chi connectivity index (χ3v) is 5.43. The number of benzene rings is 1. The Labute approximate surface area is 168 Å². The zero-order valence-electron chi connectivity index (χ0n) is 16.1. The lowest BCUT2D eigenvalue weighted by molar-refractivity contribution is 0.616. The molecule has 146 valence electrons. The molecule has 1 N–H and O–H groups in total. The Kier molecular flexibility index (Phi) is 4.44. The van der Waals surface area contributed by atoms with Crippen molar-refractivity contribution in [2.45, 2.75) is 12.5 Å². The summed E-state index contributed by atoms with van der Waals surface area (Å²) >= 11 is 0. The highest BCUT2D eigenvalue weighted by atomic mass is 19.1. The molecule has 1 aliphatic rings.